The van der Waals surface area contributed by atoms with Crippen molar-refractivity contribution >= 4 is 38.9 Å². The minimum absolute atomic E-state index is 0.348. The third-order valence-corrected chi connectivity index (χ3v) is 5.37. The maximum Gasteiger partial charge on any atom is 0.107 e. The molecule has 15 heavy (non-hydrogen) atoms. The predicted molar refractivity (Wildman–Crippen MR) is 69.6 cm³/mol. The number of thiophene rings is 1. The lowest BCUT2D eigenvalue weighted by Crippen LogP contribution is -2.30. The van der Waals surface area contributed by atoms with Gasteiger partial charge in [-0.05, 0) is 47.9 Å². The molecule has 2 rings (SSSR count). The third kappa shape index (κ3) is 2.56. The molecule has 1 atom stereocenters. The van der Waals surface area contributed by atoms with E-state index in [0.29, 0.717) is 12.6 Å². The van der Waals surface area contributed by atoms with Crippen molar-refractivity contribution in [1.82, 2.24) is 4.90 Å². The Morgan fingerprint density at radius 1 is 1.53 bits per heavy atom. The van der Waals surface area contributed by atoms with Gasteiger partial charge in [0.1, 0.15) is 4.34 Å². The van der Waals surface area contributed by atoms with Crippen LogP contribution in [0.5, 0.6) is 0 Å². The largest absolute Gasteiger partial charge is 0.329 e. The monoisotopic (exact) mass is 308 g/mol. The van der Waals surface area contributed by atoms with Gasteiger partial charge in [-0.1, -0.05) is 11.6 Å². The summed E-state index contributed by atoms with van der Waals surface area (Å²) < 4.78 is 1.81. The molecule has 0 aromatic carbocycles. The molecule has 1 aromatic heterocycles. The van der Waals surface area contributed by atoms with Gasteiger partial charge in [0, 0.05) is 15.9 Å². The number of hydrogen-bond acceptors (Lipinski definition) is 3. The maximum atomic E-state index is 6.05. The van der Waals surface area contributed by atoms with Crippen molar-refractivity contribution in [3.8, 4) is 0 Å². The molecular weight excluding hydrogens is 296 g/mol. The molecule has 1 saturated heterocycles. The average molecular weight is 310 g/mol. The molecule has 0 radical (unpaired) electrons. The topological polar surface area (TPSA) is 29.3 Å². The first kappa shape index (κ1) is 11.9. The van der Waals surface area contributed by atoms with Gasteiger partial charge in [-0.3, -0.25) is 4.90 Å². The standard InChI is InChI=1S/C10H14BrClN2S/c11-7-5-9(15-10(7)12)8(6-13)14-3-1-2-4-14/h5,8H,1-4,6,13H2. The fourth-order valence-corrected chi connectivity index (χ4v) is 3.91. The SMILES string of the molecule is NCC(c1cc(Br)c(Cl)s1)N1CCCC1. The van der Waals surface area contributed by atoms with Gasteiger partial charge < -0.3 is 5.73 Å². The second kappa shape index (κ2) is 5.15. The Balaban J connectivity index is 2.18. The van der Waals surface area contributed by atoms with Crippen LogP contribution in [-0.4, -0.2) is 24.5 Å². The highest BCUT2D eigenvalue weighted by atomic mass is 79.9. The first-order valence-electron chi connectivity index (χ1n) is 5.11. The molecule has 1 fully saturated rings. The van der Waals surface area contributed by atoms with Crippen LogP contribution < -0.4 is 5.73 Å². The van der Waals surface area contributed by atoms with Crippen LogP contribution in [0.4, 0.5) is 0 Å². The van der Waals surface area contributed by atoms with E-state index in [0.717, 1.165) is 21.9 Å². The maximum absolute atomic E-state index is 6.05. The molecule has 0 saturated carbocycles. The molecule has 2 nitrogen and oxygen atoms in total. The fourth-order valence-electron chi connectivity index (χ4n) is 2.03. The van der Waals surface area contributed by atoms with Crippen LogP contribution in [0.3, 0.4) is 0 Å². The van der Waals surface area contributed by atoms with Crippen LogP contribution in [-0.2, 0) is 0 Å². The summed E-state index contributed by atoms with van der Waals surface area (Å²) in [5, 5.41) is 0. The van der Waals surface area contributed by atoms with Crippen LogP contribution in [0.1, 0.15) is 23.8 Å². The fraction of sp³-hybridized carbons (Fsp3) is 0.600. The summed E-state index contributed by atoms with van der Waals surface area (Å²) in [7, 11) is 0. The molecule has 1 unspecified atom stereocenters. The second-order valence-electron chi connectivity index (χ2n) is 3.76. The minimum Gasteiger partial charge on any atom is -0.329 e. The molecule has 5 heteroatoms. The van der Waals surface area contributed by atoms with Crippen molar-refractivity contribution in [2.45, 2.75) is 18.9 Å². The molecule has 1 aliphatic rings. The van der Waals surface area contributed by atoms with E-state index in [4.69, 9.17) is 17.3 Å². The molecule has 0 aliphatic carbocycles. The van der Waals surface area contributed by atoms with Crippen molar-refractivity contribution in [2.75, 3.05) is 19.6 Å². The van der Waals surface area contributed by atoms with Gasteiger partial charge >= 0.3 is 0 Å². The zero-order valence-corrected chi connectivity index (χ0v) is 11.5. The quantitative estimate of drug-likeness (QED) is 0.928. The van der Waals surface area contributed by atoms with Gasteiger partial charge in [-0.15, -0.1) is 11.3 Å². The molecule has 1 aromatic rings. The summed E-state index contributed by atoms with van der Waals surface area (Å²) in [6.45, 7) is 2.99. The van der Waals surface area contributed by atoms with E-state index in [-0.39, 0.29) is 0 Å². The molecule has 0 bridgehead atoms. The Labute approximate surface area is 108 Å². The van der Waals surface area contributed by atoms with E-state index in [1.165, 1.54) is 17.7 Å². The van der Waals surface area contributed by atoms with Crippen LogP contribution in [0.25, 0.3) is 0 Å². The highest BCUT2D eigenvalue weighted by Crippen LogP contribution is 2.37. The highest BCUT2D eigenvalue weighted by Gasteiger charge is 2.24. The van der Waals surface area contributed by atoms with Gasteiger partial charge in [-0.2, -0.15) is 0 Å². The average Bonchev–Trinajstić information content (AvgIpc) is 2.80. The lowest BCUT2D eigenvalue weighted by Gasteiger charge is -2.24. The molecule has 0 spiro atoms. The van der Waals surface area contributed by atoms with Crippen LogP contribution >= 0.6 is 38.9 Å². The van der Waals surface area contributed by atoms with Crippen molar-refractivity contribution in [1.29, 1.82) is 0 Å². The van der Waals surface area contributed by atoms with Gasteiger partial charge in [0.25, 0.3) is 0 Å². The first-order chi connectivity index (χ1) is 7.22. The summed E-state index contributed by atoms with van der Waals surface area (Å²) in [5.74, 6) is 0. The van der Waals surface area contributed by atoms with Crippen LogP contribution in [0, 0.1) is 0 Å². The molecule has 2 heterocycles. The van der Waals surface area contributed by atoms with Gasteiger partial charge in [0.15, 0.2) is 0 Å². The van der Waals surface area contributed by atoms with Crippen LogP contribution in [0.2, 0.25) is 4.34 Å². The van der Waals surface area contributed by atoms with Gasteiger partial charge in [0.2, 0.25) is 0 Å². The third-order valence-electron chi connectivity index (χ3n) is 2.80. The van der Waals surface area contributed by atoms with Crippen molar-refractivity contribution < 1.29 is 0 Å². The Morgan fingerprint density at radius 3 is 2.67 bits per heavy atom. The van der Waals surface area contributed by atoms with Crippen LogP contribution in [0.15, 0.2) is 10.5 Å². The van der Waals surface area contributed by atoms with E-state index in [2.05, 4.69) is 26.9 Å². The number of nitrogens with two attached hydrogens (primary N) is 1. The molecule has 2 N–H and O–H groups in total. The lowest BCUT2D eigenvalue weighted by molar-refractivity contribution is 0.255. The van der Waals surface area contributed by atoms with Crippen molar-refractivity contribution in [3.05, 3.63) is 19.8 Å². The van der Waals surface area contributed by atoms with E-state index in [1.807, 2.05) is 0 Å². The minimum atomic E-state index is 0.348. The normalized spacial score (nSPS) is 19.7. The number of nitrogens with zero attached hydrogens (tertiary/aromatic N) is 1. The zero-order valence-electron chi connectivity index (χ0n) is 8.38. The van der Waals surface area contributed by atoms with Gasteiger partial charge in [0.05, 0.1) is 6.04 Å². The van der Waals surface area contributed by atoms with E-state index < -0.39 is 0 Å². The smallest absolute Gasteiger partial charge is 0.107 e. The predicted octanol–water partition coefficient (Wildman–Crippen LogP) is 3.26. The molecular formula is C10H14BrClN2S. The van der Waals surface area contributed by atoms with E-state index in [1.54, 1.807) is 11.3 Å². The summed E-state index contributed by atoms with van der Waals surface area (Å²) in [4.78, 5) is 3.73. The Kier molecular flexibility index (Phi) is 4.07. The highest BCUT2D eigenvalue weighted by molar-refractivity contribution is 9.10. The molecule has 0 amide bonds. The number of halogens is 2. The summed E-state index contributed by atoms with van der Waals surface area (Å²) >= 11 is 11.1. The van der Waals surface area contributed by atoms with E-state index in [9.17, 15) is 0 Å². The number of likely N-dealkylation sites (tertiary alicyclic amines) is 1. The Bertz CT molecular complexity index is 317. The van der Waals surface area contributed by atoms with Crippen molar-refractivity contribution in [3.63, 3.8) is 0 Å². The number of hydrogen-bond donors (Lipinski definition) is 1. The Hall–Kier alpha value is 0.390. The summed E-state index contributed by atoms with van der Waals surface area (Å²) in [6.07, 6.45) is 2.58. The zero-order chi connectivity index (χ0) is 10.8. The summed E-state index contributed by atoms with van der Waals surface area (Å²) in [6, 6.07) is 2.45. The van der Waals surface area contributed by atoms with Crippen molar-refractivity contribution in [2.24, 2.45) is 5.73 Å². The second-order valence-corrected chi connectivity index (χ2v) is 6.31. The molecule has 1 aliphatic heterocycles. The Morgan fingerprint density at radius 2 is 2.20 bits per heavy atom. The molecule has 84 valence electrons. The summed E-state index contributed by atoms with van der Waals surface area (Å²) in [5.41, 5.74) is 5.85. The lowest BCUT2D eigenvalue weighted by atomic mass is 10.2. The van der Waals surface area contributed by atoms with E-state index >= 15 is 0 Å². The van der Waals surface area contributed by atoms with Gasteiger partial charge in [-0.25, -0.2) is 0 Å². The first-order valence-corrected chi connectivity index (χ1v) is 7.10. The number of rotatable bonds is 3.